The van der Waals surface area contributed by atoms with Crippen LogP contribution in [-0.4, -0.2) is 21.1 Å². The number of aromatic nitrogens is 2. The van der Waals surface area contributed by atoms with E-state index in [1.165, 1.54) is 11.1 Å². The number of nitrogens with zero attached hydrogens (tertiary/aromatic N) is 2. The highest BCUT2D eigenvalue weighted by Crippen LogP contribution is 2.27. The van der Waals surface area contributed by atoms with Crippen molar-refractivity contribution < 1.29 is 0 Å². The van der Waals surface area contributed by atoms with Crippen molar-refractivity contribution in [3.63, 3.8) is 0 Å². The van der Waals surface area contributed by atoms with Crippen LogP contribution in [0, 0.1) is 4.77 Å². The van der Waals surface area contributed by atoms with Gasteiger partial charge in [0.05, 0.1) is 12.2 Å². The van der Waals surface area contributed by atoms with Crippen LogP contribution in [-0.2, 0) is 19.5 Å². The van der Waals surface area contributed by atoms with Crippen molar-refractivity contribution in [3.05, 3.63) is 92.5 Å². The van der Waals surface area contributed by atoms with Gasteiger partial charge < -0.3 is 9.88 Å². The third-order valence-corrected chi connectivity index (χ3v) is 5.73. The standard InChI is InChI=1S/C22H24N4OS/c1-16(18-10-6-3-7-11-18)25-14-19-20(23-15-25)26(22(28)24-21(19)27)13-12-17-8-4-2-5-9-17/h2-11,16,23H,12-15H2,1H3,(H,24,27,28)/t16-/m1/s1. The number of aromatic amines is 1. The van der Waals surface area contributed by atoms with Gasteiger partial charge in [0.15, 0.2) is 4.77 Å². The second-order valence-electron chi connectivity index (χ2n) is 7.14. The highest BCUT2D eigenvalue weighted by molar-refractivity contribution is 7.71. The quantitative estimate of drug-likeness (QED) is 0.642. The first-order valence-electron chi connectivity index (χ1n) is 9.56. The predicted octanol–water partition coefficient (Wildman–Crippen LogP) is 4.09. The number of H-pyrrole nitrogens is 1. The van der Waals surface area contributed by atoms with Gasteiger partial charge in [0.25, 0.3) is 5.56 Å². The Morgan fingerprint density at radius 1 is 1.07 bits per heavy atom. The molecule has 28 heavy (non-hydrogen) atoms. The number of hydrogen-bond acceptors (Lipinski definition) is 4. The predicted molar refractivity (Wildman–Crippen MR) is 115 cm³/mol. The maximum absolute atomic E-state index is 12.6. The third-order valence-electron chi connectivity index (χ3n) is 5.40. The Labute approximate surface area is 169 Å². The maximum Gasteiger partial charge on any atom is 0.258 e. The van der Waals surface area contributed by atoms with Crippen molar-refractivity contribution in [3.8, 4) is 0 Å². The molecule has 1 aliphatic heterocycles. The lowest BCUT2D eigenvalue weighted by Crippen LogP contribution is -2.40. The van der Waals surface area contributed by atoms with Crippen LogP contribution in [0.5, 0.6) is 0 Å². The summed E-state index contributed by atoms with van der Waals surface area (Å²) in [6.07, 6.45) is 0.861. The number of fused-ring (bicyclic) bond motifs is 1. The van der Waals surface area contributed by atoms with E-state index < -0.39 is 0 Å². The third kappa shape index (κ3) is 3.79. The number of rotatable bonds is 5. The van der Waals surface area contributed by atoms with Gasteiger partial charge in [-0.05, 0) is 36.7 Å². The van der Waals surface area contributed by atoms with Crippen molar-refractivity contribution in [1.82, 2.24) is 14.5 Å². The van der Waals surface area contributed by atoms with Crippen molar-refractivity contribution in [2.45, 2.75) is 32.5 Å². The van der Waals surface area contributed by atoms with Crippen LogP contribution < -0.4 is 10.9 Å². The summed E-state index contributed by atoms with van der Waals surface area (Å²) in [5.74, 6) is 0.848. The fourth-order valence-corrected chi connectivity index (χ4v) is 3.99. The first-order valence-corrected chi connectivity index (χ1v) is 9.97. The van der Waals surface area contributed by atoms with Crippen LogP contribution >= 0.6 is 12.2 Å². The molecule has 0 saturated carbocycles. The molecule has 5 nitrogen and oxygen atoms in total. The second kappa shape index (κ2) is 8.12. The molecule has 0 aliphatic carbocycles. The lowest BCUT2D eigenvalue weighted by Gasteiger charge is -2.35. The van der Waals surface area contributed by atoms with E-state index in [-0.39, 0.29) is 11.6 Å². The molecule has 2 aromatic carbocycles. The van der Waals surface area contributed by atoms with E-state index in [0.717, 1.165) is 24.3 Å². The summed E-state index contributed by atoms with van der Waals surface area (Å²) in [6.45, 7) is 4.16. The highest BCUT2D eigenvalue weighted by Gasteiger charge is 2.25. The van der Waals surface area contributed by atoms with Gasteiger partial charge in [-0.1, -0.05) is 60.7 Å². The number of hydrogen-bond donors (Lipinski definition) is 2. The Hall–Kier alpha value is -2.70. The summed E-state index contributed by atoms with van der Waals surface area (Å²) >= 11 is 5.45. The average Bonchev–Trinajstić information content (AvgIpc) is 2.74. The minimum Gasteiger partial charge on any atom is -0.358 e. The van der Waals surface area contributed by atoms with Gasteiger partial charge in [-0.3, -0.25) is 14.7 Å². The first-order chi connectivity index (χ1) is 13.6. The molecule has 4 rings (SSSR count). The molecule has 0 radical (unpaired) electrons. The Kier molecular flexibility index (Phi) is 5.41. The molecule has 0 fully saturated rings. The van der Waals surface area contributed by atoms with E-state index >= 15 is 0 Å². The lowest BCUT2D eigenvalue weighted by molar-refractivity contribution is 0.206. The largest absolute Gasteiger partial charge is 0.358 e. The summed E-state index contributed by atoms with van der Waals surface area (Å²) in [5.41, 5.74) is 3.13. The molecule has 0 bridgehead atoms. The van der Waals surface area contributed by atoms with Crippen LogP contribution in [0.1, 0.15) is 29.7 Å². The SMILES string of the molecule is C[C@H](c1ccccc1)N1CNc2c(c(=O)[nH]c(=S)n2CCc2ccccc2)C1. The zero-order valence-electron chi connectivity index (χ0n) is 15.9. The minimum absolute atomic E-state index is 0.103. The second-order valence-corrected chi connectivity index (χ2v) is 7.53. The number of anilines is 1. The zero-order chi connectivity index (χ0) is 19.5. The van der Waals surface area contributed by atoms with Crippen molar-refractivity contribution >= 4 is 18.0 Å². The molecule has 3 aromatic rings. The summed E-state index contributed by atoms with van der Waals surface area (Å²) in [6, 6.07) is 20.9. The molecule has 6 heteroatoms. The first kappa shape index (κ1) is 18.7. The number of aryl methyl sites for hydroxylation is 1. The van der Waals surface area contributed by atoms with Crippen molar-refractivity contribution in [2.75, 3.05) is 12.0 Å². The molecule has 144 valence electrons. The van der Waals surface area contributed by atoms with Crippen molar-refractivity contribution in [2.24, 2.45) is 0 Å². The van der Waals surface area contributed by atoms with Gasteiger partial charge in [0.2, 0.25) is 0 Å². The Balaban J connectivity index is 1.60. The topological polar surface area (TPSA) is 53.1 Å². The molecule has 2 N–H and O–H groups in total. The Bertz CT molecular complexity index is 1060. The highest BCUT2D eigenvalue weighted by atomic mass is 32.1. The molecular formula is C22H24N4OS. The molecule has 0 saturated heterocycles. The summed E-state index contributed by atoms with van der Waals surface area (Å²) in [5, 5.41) is 3.45. The summed E-state index contributed by atoms with van der Waals surface area (Å²) in [4.78, 5) is 17.7. The molecule has 0 unspecified atom stereocenters. The Morgan fingerprint density at radius 3 is 2.46 bits per heavy atom. The van der Waals surface area contributed by atoms with E-state index in [4.69, 9.17) is 12.2 Å². The van der Waals surface area contributed by atoms with Crippen LogP contribution in [0.15, 0.2) is 65.5 Å². The van der Waals surface area contributed by atoms with E-state index in [1.54, 1.807) is 0 Å². The molecule has 1 aliphatic rings. The minimum atomic E-state index is -0.103. The van der Waals surface area contributed by atoms with Gasteiger partial charge in [-0.2, -0.15) is 0 Å². The Morgan fingerprint density at radius 2 is 1.75 bits per heavy atom. The van der Waals surface area contributed by atoms with Gasteiger partial charge in [-0.15, -0.1) is 0 Å². The zero-order valence-corrected chi connectivity index (χ0v) is 16.7. The van der Waals surface area contributed by atoms with Crippen LogP contribution in [0.4, 0.5) is 5.82 Å². The van der Waals surface area contributed by atoms with Crippen LogP contribution in [0.2, 0.25) is 0 Å². The van der Waals surface area contributed by atoms with E-state index in [1.807, 2.05) is 41.0 Å². The van der Waals surface area contributed by atoms with E-state index in [2.05, 4.69) is 46.4 Å². The maximum atomic E-state index is 12.6. The lowest BCUT2D eigenvalue weighted by atomic mass is 10.1. The molecule has 2 heterocycles. The van der Waals surface area contributed by atoms with Crippen LogP contribution in [0.25, 0.3) is 0 Å². The fraction of sp³-hybridized carbons (Fsp3) is 0.273. The fourth-order valence-electron chi connectivity index (χ4n) is 3.71. The number of nitrogens with one attached hydrogen (secondary N) is 2. The smallest absolute Gasteiger partial charge is 0.258 e. The van der Waals surface area contributed by atoms with Crippen LogP contribution in [0.3, 0.4) is 0 Å². The van der Waals surface area contributed by atoms with Gasteiger partial charge in [0, 0.05) is 19.1 Å². The van der Waals surface area contributed by atoms with Crippen molar-refractivity contribution in [1.29, 1.82) is 0 Å². The monoisotopic (exact) mass is 392 g/mol. The molecule has 0 spiro atoms. The molecule has 1 atom stereocenters. The van der Waals surface area contributed by atoms with Gasteiger partial charge in [0.1, 0.15) is 5.82 Å². The van der Waals surface area contributed by atoms with E-state index in [9.17, 15) is 4.79 Å². The molecular weight excluding hydrogens is 368 g/mol. The average molecular weight is 393 g/mol. The van der Waals surface area contributed by atoms with E-state index in [0.29, 0.717) is 18.0 Å². The molecule has 1 aromatic heterocycles. The van der Waals surface area contributed by atoms with Gasteiger partial charge in [-0.25, -0.2) is 0 Å². The summed E-state index contributed by atoms with van der Waals surface area (Å²) in [7, 11) is 0. The van der Waals surface area contributed by atoms with Gasteiger partial charge >= 0.3 is 0 Å². The summed E-state index contributed by atoms with van der Waals surface area (Å²) < 4.78 is 2.49. The molecule has 0 amide bonds. The number of benzene rings is 2. The normalized spacial score (nSPS) is 14.9.